The number of thiazole rings is 1. The summed E-state index contributed by atoms with van der Waals surface area (Å²) in [7, 11) is -3.85. The van der Waals surface area contributed by atoms with Gasteiger partial charge in [-0.3, -0.25) is 13.9 Å². The minimum absolute atomic E-state index is 0.00829. The van der Waals surface area contributed by atoms with Gasteiger partial charge in [0.25, 0.3) is 15.6 Å². The first-order valence-electron chi connectivity index (χ1n) is 11.8. The van der Waals surface area contributed by atoms with Crippen LogP contribution in [-0.2, 0) is 36.0 Å². The van der Waals surface area contributed by atoms with E-state index in [0.29, 0.717) is 10.7 Å². The number of hydrogen-bond donors (Lipinski definition) is 1. The maximum atomic E-state index is 13.6. The summed E-state index contributed by atoms with van der Waals surface area (Å²) in [6, 6.07) is 1.38. The number of fused-ring (bicyclic) bond motifs is 2. The second kappa shape index (κ2) is 8.47. The first-order chi connectivity index (χ1) is 17.1. The molecule has 0 aliphatic heterocycles. The van der Waals surface area contributed by atoms with E-state index < -0.39 is 26.8 Å². The summed E-state index contributed by atoms with van der Waals surface area (Å²) >= 11 is 2.32. The molecule has 0 aromatic carbocycles. The van der Waals surface area contributed by atoms with E-state index in [1.807, 2.05) is 13.8 Å². The van der Waals surface area contributed by atoms with Crippen LogP contribution in [0.3, 0.4) is 0 Å². The Hall–Kier alpha value is -2.61. The topological polar surface area (TPSA) is 129 Å². The summed E-state index contributed by atoms with van der Waals surface area (Å²) in [5, 5.41) is 1.01. The Bertz CT molecular complexity index is 1690. The van der Waals surface area contributed by atoms with Crippen molar-refractivity contribution in [2.24, 2.45) is 0 Å². The summed E-state index contributed by atoms with van der Waals surface area (Å²) in [6.45, 7) is 3.76. The molecule has 10 nitrogen and oxygen atoms in total. The van der Waals surface area contributed by atoms with Crippen LogP contribution in [0.5, 0.6) is 0 Å². The Morgan fingerprint density at radius 1 is 1.14 bits per heavy atom. The predicted molar refractivity (Wildman–Crippen MR) is 137 cm³/mol. The molecule has 0 saturated heterocycles. The second-order valence-corrected chi connectivity index (χ2v) is 14.0. The van der Waals surface area contributed by atoms with Gasteiger partial charge in [0.05, 0.1) is 22.6 Å². The molecule has 190 valence electrons. The zero-order chi connectivity index (χ0) is 25.2. The number of nitrogens with one attached hydrogen (secondary N) is 1. The van der Waals surface area contributed by atoms with Gasteiger partial charge >= 0.3 is 5.69 Å². The van der Waals surface area contributed by atoms with Crippen LogP contribution in [0.1, 0.15) is 59.8 Å². The molecule has 2 aliphatic carbocycles. The molecule has 6 rings (SSSR count). The third-order valence-electron chi connectivity index (χ3n) is 6.68. The van der Waals surface area contributed by atoms with Crippen molar-refractivity contribution in [2.45, 2.75) is 75.2 Å². The van der Waals surface area contributed by atoms with Crippen LogP contribution in [0.2, 0.25) is 0 Å². The zero-order valence-electron chi connectivity index (χ0n) is 19.9. The Balaban J connectivity index is 1.50. The lowest BCUT2D eigenvalue weighted by molar-refractivity contribution is 0.426. The molecule has 4 aromatic rings. The van der Waals surface area contributed by atoms with Gasteiger partial charge in [-0.1, -0.05) is 0 Å². The van der Waals surface area contributed by atoms with Gasteiger partial charge in [0, 0.05) is 23.0 Å². The van der Waals surface area contributed by atoms with Crippen LogP contribution in [0.4, 0.5) is 0 Å². The molecule has 0 amide bonds. The predicted octanol–water partition coefficient (Wildman–Crippen LogP) is 2.78. The van der Waals surface area contributed by atoms with Crippen LogP contribution >= 0.6 is 22.7 Å². The molecule has 0 radical (unpaired) electrons. The highest BCUT2D eigenvalue weighted by atomic mass is 32.2. The van der Waals surface area contributed by atoms with Crippen molar-refractivity contribution >= 4 is 42.9 Å². The van der Waals surface area contributed by atoms with Crippen LogP contribution in [0.15, 0.2) is 30.5 Å². The van der Waals surface area contributed by atoms with E-state index in [0.717, 1.165) is 75.8 Å². The van der Waals surface area contributed by atoms with E-state index in [9.17, 15) is 18.0 Å². The highest BCUT2D eigenvalue weighted by Crippen LogP contribution is 2.37. The smallest absolute Gasteiger partial charge is 0.332 e. The number of hydrogen-bond acceptors (Lipinski definition) is 9. The number of rotatable bonds is 7. The van der Waals surface area contributed by atoms with Crippen molar-refractivity contribution in [3.05, 3.63) is 60.3 Å². The van der Waals surface area contributed by atoms with Crippen molar-refractivity contribution in [1.82, 2.24) is 23.8 Å². The number of nitrogens with zero attached hydrogens (tertiary/aromatic N) is 4. The molecular weight excluding hydrogens is 522 g/mol. The van der Waals surface area contributed by atoms with Crippen molar-refractivity contribution < 1.29 is 12.8 Å². The van der Waals surface area contributed by atoms with Gasteiger partial charge in [0.1, 0.15) is 21.3 Å². The van der Waals surface area contributed by atoms with E-state index in [2.05, 4.69) is 14.7 Å². The monoisotopic (exact) mass is 547 g/mol. The molecule has 0 unspecified atom stereocenters. The highest BCUT2D eigenvalue weighted by Gasteiger charge is 2.42. The number of sulfonamides is 1. The van der Waals surface area contributed by atoms with E-state index in [1.54, 1.807) is 6.20 Å². The maximum Gasteiger partial charge on any atom is 0.332 e. The number of oxazole rings is 1. The molecular formula is C23H25N5O5S3. The fourth-order valence-corrected chi connectivity index (χ4v) is 8.18. The van der Waals surface area contributed by atoms with Crippen molar-refractivity contribution in [1.29, 1.82) is 0 Å². The summed E-state index contributed by atoms with van der Waals surface area (Å²) < 4.78 is 37.4. The molecule has 1 fully saturated rings. The van der Waals surface area contributed by atoms with Crippen molar-refractivity contribution in [2.75, 3.05) is 0 Å². The Morgan fingerprint density at radius 3 is 2.61 bits per heavy atom. The third-order valence-corrected chi connectivity index (χ3v) is 10.9. The van der Waals surface area contributed by atoms with Crippen LogP contribution < -0.4 is 16.0 Å². The van der Waals surface area contributed by atoms with E-state index >= 15 is 0 Å². The lowest BCUT2D eigenvalue weighted by Gasteiger charge is -2.10. The van der Waals surface area contributed by atoms with Crippen LogP contribution in [0.25, 0.3) is 10.2 Å². The first kappa shape index (κ1) is 23.8. The fraction of sp³-hybridized carbons (Fsp3) is 0.478. The molecule has 0 spiro atoms. The van der Waals surface area contributed by atoms with Crippen LogP contribution in [-0.4, -0.2) is 33.1 Å². The quantitative estimate of drug-likeness (QED) is 0.377. The molecule has 13 heteroatoms. The standard InChI is InChI=1S/C23H25N5O5S3/c1-13-24-10-14(34-13)11-27-20(29)15-9-19(36(31,32)26-23(2)7-8-23)35-21(15)28(22(27)30)12-18-25-16-5-3-4-6-17(16)33-18/h9-10,26H,3-8,11-12H2,1-2H3. The summed E-state index contributed by atoms with van der Waals surface area (Å²) in [4.78, 5) is 37.0. The third kappa shape index (κ3) is 4.27. The number of thiophene rings is 1. The second-order valence-electron chi connectivity index (χ2n) is 9.74. The molecule has 1 N–H and O–H groups in total. The summed E-state index contributed by atoms with van der Waals surface area (Å²) in [5.74, 6) is 1.22. The SMILES string of the molecule is Cc1ncc(Cn2c(=O)c3cc(S(=O)(=O)NC4(C)CC4)sc3n(Cc3nc4c(o3)CCCC4)c2=O)s1. The van der Waals surface area contributed by atoms with Gasteiger partial charge in [-0.2, -0.15) is 0 Å². The van der Waals surface area contributed by atoms with E-state index in [4.69, 9.17) is 4.42 Å². The normalized spacial score (nSPS) is 16.9. The first-order valence-corrected chi connectivity index (χ1v) is 14.9. The highest BCUT2D eigenvalue weighted by molar-refractivity contribution is 7.91. The molecule has 0 atom stereocenters. The zero-order valence-corrected chi connectivity index (χ0v) is 22.3. The fourth-order valence-electron chi connectivity index (χ4n) is 4.50. The molecule has 2 aliphatic rings. The largest absolute Gasteiger partial charge is 0.443 e. The van der Waals surface area contributed by atoms with E-state index in [-0.39, 0.29) is 22.7 Å². The van der Waals surface area contributed by atoms with Gasteiger partial charge in [-0.15, -0.1) is 22.7 Å². The Kier molecular flexibility index (Phi) is 5.59. The lowest BCUT2D eigenvalue weighted by atomic mass is 10.0. The van der Waals surface area contributed by atoms with Crippen molar-refractivity contribution in [3.8, 4) is 0 Å². The minimum Gasteiger partial charge on any atom is -0.443 e. The number of aryl methyl sites for hydroxylation is 3. The molecule has 1 saturated carbocycles. The van der Waals surface area contributed by atoms with Gasteiger partial charge in [-0.25, -0.2) is 27.9 Å². The lowest BCUT2D eigenvalue weighted by Crippen LogP contribution is -2.40. The maximum absolute atomic E-state index is 13.6. The molecule has 4 aromatic heterocycles. The van der Waals surface area contributed by atoms with E-state index in [1.165, 1.54) is 22.0 Å². The van der Waals surface area contributed by atoms with Gasteiger partial charge in [0.15, 0.2) is 0 Å². The molecule has 36 heavy (non-hydrogen) atoms. The Morgan fingerprint density at radius 2 is 1.92 bits per heavy atom. The van der Waals surface area contributed by atoms with Gasteiger partial charge < -0.3 is 4.42 Å². The average molecular weight is 548 g/mol. The Labute approximate surface area is 214 Å². The summed E-state index contributed by atoms with van der Waals surface area (Å²) in [6.07, 6.45) is 6.88. The van der Waals surface area contributed by atoms with Gasteiger partial charge in [0.2, 0.25) is 5.89 Å². The number of aromatic nitrogens is 4. The van der Waals surface area contributed by atoms with Crippen LogP contribution in [0, 0.1) is 6.92 Å². The minimum atomic E-state index is -3.85. The molecule has 0 bridgehead atoms. The van der Waals surface area contributed by atoms with Crippen molar-refractivity contribution in [3.63, 3.8) is 0 Å². The average Bonchev–Trinajstić information content (AvgIpc) is 3.21. The summed E-state index contributed by atoms with van der Waals surface area (Å²) in [5.41, 5.74) is -0.622. The molecule has 4 heterocycles. The van der Waals surface area contributed by atoms with Gasteiger partial charge in [-0.05, 0) is 52.0 Å².